The average Bonchev–Trinajstić information content (AvgIpc) is 3.47. The molecule has 4 rings (SSSR count). The van der Waals surface area contributed by atoms with E-state index < -0.39 is 6.09 Å². The highest BCUT2D eigenvalue weighted by Gasteiger charge is 2.19. The van der Waals surface area contributed by atoms with E-state index in [1.165, 1.54) is 17.0 Å². The lowest BCUT2D eigenvalue weighted by molar-refractivity contribution is 0.0941. The number of anilines is 3. The summed E-state index contributed by atoms with van der Waals surface area (Å²) in [4.78, 5) is 37.5. The van der Waals surface area contributed by atoms with Gasteiger partial charge >= 0.3 is 6.09 Å². The summed E-state index contributed by atoms with van der Waals surface area (Å²) in [5.41, 5.74) is 8.45. The Morgan fingerprint density at radius 1 is 1.06 bits per heavy atom. The Kier molecular flexibility index (Phi) is 5.92. The number of rotatable bonds is 6. The van der Waals surface area contributed by atoms with Gasteiger partial charge in [-0.3, -0.25) is 14.9 Å². The van der Waals surface area contributed by atoms with Gasteiger partial charge in [-0.25, -0.2) is 4.79 Å². The summed E-state index contributed by atoms with van der Waals surface area (Å²) in [6, 6.07) is 8.15. The van der Waals surface area contributed by atoms with Crippen LogP contribution in [0.5, 0.6) is 0 Å². The predicted octanol–water partition coefficient (Wildman–Crippen LogP) is 2.97. The molecule has 0 saturated carbocycles. The van der Waals surface area contributed by atoms with Gasteiger partial charge < -0.3 is 24.9 Å². The van der Waals surface area contributed by atoms with Gasteiger partial charge in [0.05, 0.1) is 23.1 Å². The monoisotopic (exact) mass is 461 g/mol. The summed E-state index contributed by atoms with van der Waals surface area (Å²) < 4.78 is 9.39. The van der Waals surface area contributed by atoms with Crippen molar-refractivity contribution in [2.45, 2.75) is 0 Å². The second-order valence-corrected chi connectivity index (χ2v) is 7.60. The van der Waals surface area contributed by atoms with Crippen LogP contribution in [0.15, 0.2) is 61.6 Å². The summed E-state index contributed by atoms with van der Waals surface area (Å²) in [6.07, 6.45) is 5.66. The third-order valence-electron chi connectivity index (χ3n) is 5.08. The van der Waals surface area contributed by atoms with E-state index >= 15 is 0 Å². The van der Waals surface area contributed by atoms with E-state index in [1.54, 1.807) is 66.0 Å². The fourth-order valence-corrected chi connectivity index (χ4v) is 3.53. The second kappa shape index (κ2) is 8.98. The maximum atomic E-state index is 13.2. The van der Waals surface area contributed by atoms with Gasteiger partial charge in [0.1, 0.15) is 18.0 Å². The van der Waals surface area contributed by atoms with Crippen molar-refractivity contribution >= 4 is 45.9 Å². The van der Waals surface area contributed by atoms with Gasteiger partial charge in [0.25, 0.3) is 11.8 Å². The van der Waals surface area contributed by atoms with Gasteiger partial charge in [-0.2, -0.15) is 9.78 Å². The van der Waals surface area contributed by atoms with E-state index in [4.69, 9.17) is 10.5 Å². The van der Waals surface area contributed by atoms with Gasteiger partial charge in [-0.05, 0) is 30.3 Å². The third-order valence-corrected chi connectivity index (χ3v) is 5.08. The molecule has 0 atom stereocenters. The molecule has 4 aromatic rings. The number of amides is 2. The van der Waals surface area contributed by atoms with Crippen molar-refractivity contribution in [2.24, 2.45) is 14.1 Å². The molecule has 0 fully saturated rings. The summed E-state index contributed by atoms with van der Waals surface area (Å²) in [7, 11) is 3.42. The molecular formula is C23H23N7O4. The Morgan fingerprint density at radius 3 is 2.53 bits per heavy atom. The van der Waals surface area contributed by atoms with Gasteiger partial charge in [0.2, 0.25) is 0 Å². The first kappa shape index (κ1) is 22.4. The van der Waals surface area contributed by atoms with Crippen LogP contribution in [-0.4, -0.2) is 43.4 Å². The van der Waals surface area contributed by atoms with E-state index in [1.807, 2.05) is 0 Å². The van der Waals surface area contributed by atoms with Crippen LogP contribution in [0.1, 0.15) is 21.0 Å². The number of nitrogens with zero attached hydrogens (tertiary/aromatic N) is 4. The number of nitrogens with two attached hydrogens (primary N) is 1. The van der Waals surface area contributed by atoms with Crippen molar-refractivity contribution in [1.82, 2.24) is 18.9 Å². The Balaban J connectivity index is 1.53. The molecule has 0 unspecified atom stereocenters. The number of aryl methyl sites for hydroxylation is 2. The maximum Gasteiger partial charge on any atom is 0.411 e. The van der Waals surface area contributed by atoms with Crippen LogP contribution >= 0.6 is 0 Å². The molecule has 34 heavy (non-hydrogen) atoms. The van der Waals surface area contributed by atoms with Crippen molar-refractivity contribution in [3.05, 3.63) is 73.0 Å². The molecule has 0 bridgehead atoms. The number of carbonyl (C=O) groups is 3. The van der Waals surface area contributed by atoms with Crippen molar-refractivity contribution in [3.63, 3.8) is 0 Å². The molecule has 3 aromatic heterocycles. The zero-order valence-electron chi connectivity index (χ0n) is 18.6. The highest BCUT2D eigenvalue weighted by molar-refractivity contribution is 6.06. The number of nitrogens with one attached hydrogen (secondary N) is 2. The standard InChI is InChI=1S/C23H23N7O4/c1-4-7-34-23(33)27-16-5-6-18-14(8-16)11-25-30(18)22(32)20-10-17(13-29(20)3)26-21(31)19-9-15(24)12-28(19)2/h4-6,8-13H,1,7,24H2,2-3H3,(H,26,31)(H,27,33). The van der Waals surface area contributed by atoms with Crippen molar-refractivity contribution in [3.8, 4) is 0 Å². The molecule has 0 aliphatic carbocycles. The summed E-state index contributed by atoms with van der Waals surface area (Å²) in [6.45, 7) is 3.58. The Labute approximate surface area is 194 Å². The highest BCUT2D eigenvalue weighted by atomic mass is 16.5. The maximum absolute atomic E-state index is 13.2. The zero-order chi connectivity index (χ0) is 24.4. The Morgan fingerprint density at radius 2 is 1.82 bits per heavy atom. The van der Waals surface area contributed by atoms with Crippen LogP contribution < -0.4 is 16.4 Å². The largest absolute Gasteiger partial charge is 0.445 e. The molecule has 174 valence electrons. The minimum absolute atomic E-state index is 0.0961. The normalized spacial score (nSPS) is 10.8. The fraction of sp³-hybridized carbons (Fsp3) is 0.130. The fourth-order valence-electron chi connectivity index (χ4n) is 3.53. The average molecular weight is 461 g/mol. The minimum Gasteiger partial charge on any atom is -0.445 e. The van der Waals surface area contributed by atoms with Gasteiger partial charge in [0.15, 0.2) is 0 Å². The predicted molar refractivity (Wildman–Crippen MR) is 128 cm³/mol. The molecule has 2 amide bonds. The summed E-state index contributed by atoms with van der Waals surface area (Å²) in [5, 5.41) is 10.2. The smallest absolute Gasteiger partial charge is 0.411 e. The molecule has 4 N–H and O–H groups in total. The number of aromatic nitrogens is 4. The lowest BCUT2D eigenvalue weighted by Crippen LogP contribution is -2.16. The molecule has 3 heterocycles. The van der Waals surface area contributed by atoms with Gasteiger partial charge in [0, 0.05) is 37.6 Å². The summed E-state index contributed by atoms with van der Waals surface area (Å²) in [5.74, 6) is -0.729. The van der Waals surface area contributed by atoms with Crippen LogP contribution in [-0.2, 0) is 18.8 Å². The molecule has 0 spiro atoms. The lowest BCUT2D eigenvalue weighted by Gasteiger charge is -2.06. The van der Waals surface area contributed by atoms with Crippen LogP contribution in [0.3, 0.4) is 0 Å². The van der Waals surface area contributed by atoms with Crippen LogP contribution in [0.25, 0.3) is 10.9 Å². The molecular weight excluding hydrogens is 438 g/mol. The van der Waals surface area contributed by atoms with E-state index in [9.17, 15) is 14.4 Å². The van der Waals surface area contributed by atoms with E-state index in [2.05, 4.69) is 22.3 Å². The highest BCUT2D eigenvalue weighted by Crippen LogP contribution is 2.22. The first-order chi connectivity index (χ1) is 16.3. The topological polar surface area (TPSA) is 138 Å². The van der Waals surface area contributed by atoms with E-state index in [0.717, 1.165) is 0 Å². The molecule has 0 radical (unpaired) electrons. The lowest BCUT2D eigenvalue weighted by atomic mass is 10.2. The van der Waals surface area contributed by atoms with Crippen LogP contribution in [0.4, 0.5) is 21.9 Å². The number of carbonyl (C=O) groups excluding carboxylic acids is 3. The molecule has 11 heteroatoms. The number of nitrogen functional groups attached to an aromatic ring is 1. The van der Waals surface area contributed by atoms with Gasteiger partial charge in [-0.1, -0.05) is 12.7 Å². The Bertz CT molecular complexity index is 1430. The number of ether oxygens (including phenoxy) is 1. The molecule has 0 aliphatic rings. The number of benzene rings is 1. The van der Waals surface area contributed by atoms with Crippen molar-refractivity contribution < 1.29 is 19.1 Å². The van der Waals surface area contributed by atoms with Crippen molar-refractivity contribution in [2.75, 3.05) is 23.0 Å². The molecule has 0 saturated heterocycles. The van der Waals surface area contributed by atoms with Crippen LogP contribution in [0, 0.1) is 0 Å². The minimum atomic E-state index is -0.612. The quantitative estimate of drug-likeness (QED) is 0.378. The Hall–Kier alpha value is -4.80. The number of hydrogen-bond acceptors (Lipinski definition) is 6. The molecule has 0 aliphatic heterocycles. The first-order valence-electron chi connectivity index (χ1n) is 10.2. The zero-order valence-corrected chi connectivity index (χ0v) is 18.6. The number of hydrogen-bond donors (Lipinski definition) is 3. The third kappa shape index (κ3) is 4.39. The second-order valence-electron chi connectivity index (χ2n) is 7.60. The van der Waals surface area contributed by atoms with E-state index in [0.29, 0.717) is 39.4 Å². The SMILES string of the molecule is C=CCOC(=O)Nc1ccc2c(cnn2C(=O)c2cc(NC(=O)c3cc(N)cn3C)cn2C)c1. The van der Waals surface area contributed by atoms with Crippen LogP contribution in [0.2, 0.25) is 0 Å². The number of fused-ring (bicyclic) bond motifs is 1. The van der Waals surface area contributed by atoms with Crippen molar-refractivity contribution in [1.29, 1.82) is 0 Å². The molecule has 11 nitrogen and oxygen atoms in total. The summed E-state index contributed by atoms with van der Waals surface area (Å²) >= 11 is 0. The van der Waals surface area contributed by atoms with E-state index in [-0.39, 0.29) is 18.4 Å². The molecule has 1 aromatic carbocycles. The first-order valence-corrected chi connectivity index (χ1v) is 10.2. The van der Waals surface area contributed by atoms with Gasteiger partial charge in [-0.15, -0.1) is 0 Å².